The highest BCUT2D eigenvalue weighted by Gasteiger charge is 2.14. The van der Waals surface area contributed by atoms with E-state index in [1.54, 1.807) is 0 Å². The Bertz CT molecular complexity index is 744. The molecule has 0 atom stereocenters. The Kier molecular flexibility index (Phi) is 5.21. The van der Waals surface area contributed by atoms with Crippen molar-refractivity contribution in [2.45, 2.75) is 27.2 Å². The van der Waals surface area contributed by atoms with E-state index in [1.165, 1.54) is 6.07 Å². The van der Waals surface area contributed by atoms with Gasteiger partial charge >= 0.3 is 5.97 Å². The monoisotopic (exact) mass is 314 g/mol. The van der Waals surface area contributed by atoms with Gasteiger partial charge in [0.05, 0.1) is 5.69 Å². The minimum absolute atomic E-state index is 0.217. The Morgan fingerprint density at radius 2 is 1.74 bits per heavy atom. The Hall–Kier alpha value is -2.56. The van der Waals surface area contributed by atoms with E-state index in [-0.39, 0.29) is 5.56 Å². The molecule has 1 aromatic carbocycles. The zero-order chi connectivity index (χ0) is 17.0. The zero-order valence-electron chi connectivity index (χ0n) is 13.7. The molecule has 0 saturated carbocycles. The standard InChI is InChI=1S/C18H22N2O3/c1-4-12-11-15(18(22)23)17(21)19-16(12)13-7-9-14(10-8-13)20(5-2)6-3/h7-11H,4-6H2,1-3H3,(H,19,21)(H,22,23). The molecule has 0 amide bonds. The van der Waals surface area contributed by atoms with Gasteiger partial charge in [0.25, 0.3) is 5.56 Å². The lowest BCUT2D eigenvalue weighted by Gasteiger charge is -2.21. The molecule has 0 saturated heterocycles. The number of carbonyl (C=O) groups is 1. The van der Waals surface area contributed by atoms with Crippen molar-refractivity contribution in [2.75, 3.05) is 18.0 Å². The summed E-state index contributed by atoms with van der Waals surface area (Å²) in [7, 11) is 0. The number of hydrogen-bond donors (Lipinski definition) is 2. The molecule has 0 aliphatic rings. The number of H-pyrrole nitrogens is 1. The van der Waals surface area contributed by atoms with Gasteiger partial charge in [0.1, 0.15) is 5.56 Å². The molecule has 2 aromatic rings. The van der Waals surface area contributed by atoms with Crippen molar-refractivity contribution >= 4 is 11.7 Å². The second kappa shape index (κ2) is 7.13. The van der Waals surface area contributed by atoms with E-state index < -0.39 is 11.5 Å². The third-order valence-electron chi connectivity index (χ3n) is 4.02. The van der Waals surface area contributed by atoms with E-state index in [4.69, 9.17) is 5.11 Å². The van der Waals surface area contributed by atoms with Crippen LogP contribution in [0.15, 0.2) is 35.1 Å². The van der Waals surface area contributed by atoms with Gasteiger partial charge in [-0.15, -0.1) is 0 Å². The summed E-state index contributed by atoms with van der Waals surface area (Å²) < 4.78 is 0. The van der Waals surface area contributed by atoms with Gasteiger partial charge in [-0.1, -0.05) is 19.1 Å². The number of hydrogen-bond acceptors (Lipinski definition) is 3. The highest BCUT2D eigenvalue weighted by atomic mass is 16.4. The van der Waals surface area contributed by atoms with Gasteiger partial charge in [0.15, 0.2) is 0 Å². The SMILES string of the molecule is CCc1cc(C(=O)O)c(=O)[nH]c1-c1ccc(N(CC)CC)cc1. The van der Waals surface area contributed by atoms with Crippen LogP contribution in [0.3, 0.4) is 0 Å². The van der Waals surface area contributed by atoms with Crippen molar-refractivity contribution in [1.29, 1.82) is 0 Å². The van der Waals surface area contributed by atoms with Gasteiger partial charge < -0.3 is 15.0 Å². The van der Waals surface area contributed by atoms with Gasteiger partial charge in [-0.2, -0.15) is 0 Å². The second-order valence-electron chi connectivity index (χ2n) is 5.29. The van der Waals surface area contributed by atoms with E-state index in [9.17, 15) is 9.59 Å². The zero-order valence-corrected chi connectivity index (χ0v) is 13.7. The molecule has 0 bridgehead atoms. The molecule has 0 radical (unpaired) electrons. The molecular formula is C18H22N2O3. The molecule has 0 aliphatic heterocycles. The Labute approximate surface area is 135 Å². The number of pyridine rings is 1. The summed E-state index contributed by atoms with van der Waals surface area (Å²) in [5.41, 5.74) is 2.72. The molecule has 5 heteroatoms. The summed E-state index contributed by atoms with van der Waals surface area (Å²) in [6.07, 6.45) is 0.643. The third kappa shape index (κ3) is 3.44. The van der Waals surface area contributed by atoms with Gasteiger partial charge in [-0.05, 0) is 49.6 Å². The van der Waals surface area contributed by atoms with Crippen LogP contribution in [0.5, 0.6) is 0 Å². The first-order chi connectivity index (χ1) is 11.0. The molecule has 2 rings (SSSR count). The van der Waals surface area contributed by atoms with Crippen LogP contribution in [0.25, 0.3) is 11.3 Å². The van der Waals surface area contributed by atoms with Gasteiger partial charge in [0.2, 0.25) is 0 Å². The summed E-state index contributed by atoms with van der Waals surface area (Å²) >= 11 is 0. The van der Waals surface area contributed by atoms with Crippen molar-refractivity contribution in [3.8, 4) is 11.3 Å². The lowest BCUT2D eigenvalue weighted by Crippen LogP contribution is -2.21. The lowest BCUT2D eigenvalue weighted by atomic mass is 10.0. The van der Waals surface area contributed by atoms with E-state index in [1.807, 2.05) is 31.2 Å². The fourth-order valence-electron chi connectivity index (χ4n) is 2.70. The maximum atomic E-state index is 11.9. The maximum Gasteiger partial charge on any atom is 0.341 e. The summed E-state index contributed by atoms with van der Waals surface area (Å²) in [5, 5.41) is 9.07. The minimum atomic E-state index is -1.20. The summed E-state index contributed by atoms with van der Waals surface area (Å²) in [6, 6.07) is 9.42. The number of carboxylic acids is 1. The van der Waals surface area contributed by atoms with E-state index in [0.717, 1.165) is 29.9 Å². The van der Waals surface area contributed by atoms with Gasteiger partial charge in [0, 0.05) is 18.8 Å². The molecule has 1 aromatic heterocycles. The van der Waals surface area contributed by atoms with Crippen LogP contribution in [0.1, 0.15) is 36.7 Å². The number of aryl methyl sites for hydroxylation is 1. The lowest BCUT2D eigenvalue weighted by molar-refractivity contribution is 0.0695. The number of aromatic nitrogens is 1. The predicted octanol–water partition coefficient (Wildman–Crippen LogP) is 3.15. The van der Waals surface area contributed by atoms with E-state index in [2.05, 4.69) is 23.7 Å². The molecule has 122 valence electrons. The molecule has 5 nitrogen and oxygen atoms in total. The van der Waals surface area contributed by atoms with Crippen molar-refractivity contribution < 1.29 is 9.90 Å². The first-order valence-corrected chi connectivity index (χ1v) is 7.86. The van der Waals surface area contributed by atoms with Crippen LogP contribution in [0, 0.1) is 0 Å². The van der Waals surface area contributed by atoms with Crippen molar-refractivity contribution in [3.05, 3.63) is 51.8 Å². The Morgan fingerprint density at radius 1 is 1.13 bits per heavy atom. The van der Waals surface area contributed by atoms with Crippen molar-refractivity contribution in [2.24, 2.45) is 0 Å². The molecule has 1 heterocycles. The van der Waals surface area contributed by atoms with Crippen LogP contribution < -0.4 is 10.5 Å². The number of benzene rings is 1. The number of aromatic amines is 1. The third-order valence-corrected chi connectivity index (χ3v) is 4.02. The molecule has 0 spiro atoms. The summed E-state index contributed by atoms with van der Waals surface area (Å²) in [4.78, 5) is 28.0. The Morgan fingerprint density at radius 3 is 2.22 bits per heavy atom. The molecule has 2 N–H and O–H groups in total. The van der Waals surface area contributed by atoms with Crippen molar-refractivity contribution in [1.82, 2.24) is 4.98 Å². The van der Waals surface area contributed by atoms with Gasteiger partial charge in [-0.3, -0.25) is 4.79 Å². The fraction of sp³-hybridized carbons (Fsp3) is 0.333. The van der Waals surface area contributed by atoms with Crippen LogP contribution in [-0.2, 0) is 6.42 Å². The fourth-order valence-corrected chi connectivity index (χ4v) is 2.70. The number of anilines is 1. The number of nitrogens with zero attached hydrogens (tertiary/aromatic N) is 1. The van der Waals surface area contributed by atoms with E-state index in [0.29, 0.717) is 12.1 Å². The van der Waals surface area contributed by atoms with Crippen LogP contribution in [0.2, 0.25) is 0 Å². The number of carboxylic acid groups (broad SMARTS) is 1. The molecule has 0 fully saturated rings. The van der Waals surface area contributed by atoms with Gasteiger partial charge in [-0.25, -0.2) is 4.79 Å². The second-order valence-corrected chi connectivity index (χ2v) is 5.29. The average molecular weight is 314 g/mol. The highest BCUT2D eigenvalue weighted by molar-refractivity contribution is 5.88. The Balaban J connectivity index is 2.48. The number of aromatic carboxylic acids is 1. The first-order valence-electron chi connectivity index (χ1n) is 7.86. The largest absolute Gasteiger partial charge is 0.477 e. The van der Waals surface area contributed by atoms with Crippen molar-refractivity contribution in [3.63, 3.8) is 0 Å². The van der Waals surface area contributed by atoms with Crippen LogP contribution in [-0.4, -0.2) is 29.1 Å². The normalized spacial score (nSPS) is 10.6. The molecule has 0 unspecified atom stereocenters. The predicted molar refractivity (Wildman–Crippen MR) is 92.4 cm³/mol. The smallest absolute Gasteiger partial charge is 0.341 e. The van der Waals surface area contributed by atoms with Crippen LogP contribution >= 0.6 is 0 Å². The first kappa shape index (κ1) is 16.8. The average Bonchev–Trinajstić information content (AvgIpc) is 2.56. The molecule has 23 heavy (non-hydrogen) atoms. The topological polar surface area (TPSA) is 73.4 Å². The highest BCUT2D eigenvalue weighted by Crippen LogP contribution is 2.24. The molecular weight excluding hydrogens is 292 g/mol. The maximum absolute atomic E-state index is 11.9. The number of nitrogens with one attached hydrogen (secondary N) is 1. The summed E-state index contributed by atoms with van der Waals surface area (Å²) in [6.45, 7) is 8.01. The van der Waals surface area contributed by atoms with E-state index >= 15 is 0 Å². The quantitative estimate of drug-likeness (QED) is 0.859. The summed E-state index contributed by atoms with van der Waals surface area (Å²) in [5.74, 6) is -1.20. The van der Waals surface area contributed by atoms with Crippen LogP contribution in [0.4, 0.5) is 5.69 Å². The molecule has 0 aliphatic carbocycles. The number of rotatable bonds is 6. The minimum Gasteiger partial charge on any atom is -0.477 e.